The smallest absolute Gasteiger partial charge is 0.0369 e. The van der Waals surface area contributed by atoms with Crippen molar-refractivity contribution >= 4 is 5.69 Å². The van der Waals surface area contributed by atoms with Crippen LogP contribution in [0.15, 0.2) is 18.2 Å². The Morgan fingerprint density at radius 3 is 2.00 bits per heavy atom. The predicted molar refractivity (Wildman–Crippen MR) is 95.1 cm³/mol. The van der Waals surface area contributed by atoms with Crippen molar-refractivity contribution in [2.24, 2.45) is 17.6 Å². The highest BCUT2D eigenvalue weighted by molar-refractivity contribution is 5.51. The molecule has 0 aromatic heterocycles. The highest BCUT2D eigenvalue weighted by Gasteiger charge is 2.10. The van der Waals surface area contributed by atoms with Crippen LogP contribution in [0.2, 0.25) is 0 Å². The molecule has 0 saturated heterocycles. The van der Waals surface area contributed by atoms with Gasteiger partial charge in [0.25, 0.3) is 0 Å². The van der Waals surface area contributed by atoms with Gasteiger partial charge in [-0.15, -0.1) is 0 Å². The summed E-state index contributed by atoms with van der Waals surface area (Å²) in [5.41, 5.74) is 9.80. The van der Waals surface area contributed by atoms with Gasteiger partial charge < -0.3 is 10.6 Å². The lowest BCUT2D eigenvalue weighted by molar-refractivity contribution is 0.535. The molecule has 1 aromatic carbocycles. The van der Waals surface area contributed by atoms with Crippen LogP contribution in [-0.4, -0.2) is 19.6 Å². The molecule has 0 heterocycles. The average Bonchev–Trinajstić information content (AvgIpc) is 2.41. The van der Waals surface area contributed by atoms with E-state index in [0.29, 0.717) is 0 Å². The van der Waals surface area contributed by atoms with E-state index in [1.54, 1.807) is 0 Å². The third-order valence-electron chi connectivity index (χ3n) is 4.06. The zero-order valence-corrected chi connectivity index (χ0v) is 14.7. The van der Waals surface area contributed by atoms with Gasteiger partial charge in [-0.25, -0.2) is 0 Å². The van der Waals surface area contributed by atoms with Gasteiger partial charge in [-0.1, -0.05) is 33.8 Å². The Morgan fingerprint density at radius 2 is 1.57 bits per heavy atom. The van der Waals surface area contributed by atoms with Crippen LogP contribution in [0.25, 0.3) is 0 Å². The minimum Gasteiger partial charge on any atom is -0.372 e. The summed E-state index contributed by atoms with van der Waals surface area (Å²) in [7, 11) is 0. The summed E-state index contributed by atoms with van der Waals surface area (Å²) in [4.78, 5) is 2.55. The van der Waals surface area contributed by atoms with Crippen molar-refractivity contribution in [1.82, 2.24) is 0 Å². The van der Waals surface area contributed by atoms with E-state index in [-0.39, 0.29) is 0 Å². The number of hydrogen-bond donors (Lipinski definition) is 1. The molecule has 1 rings (SSSR count). The number of hydrogen-bond acceptors (Lipinski definition) is 2. The van der Waals surface area contributed by atoms with E-state index < -0.39 is 0 Å². The van der Waals surface area contributed by atoms with Crippen molar-refractivity contribution in [1.29, 1.82) is 0 Å². The Balaban J connectivity index is 2.82. The van der Waals surface area contributed by atoms with E-state index in [0.717, 1.165) is 37.9 Å². The topological polar surface area (TPSA) is 29.3 Å². The molecule has 0 aliphatic heterocycles. The normalized spacial score (nSPS) is 11.4. The minimum atomic E-state index is 0.727. The number of nitrogens with two attached hydrogens (primary N) is 1. The van der Waals surface area contributed by atoms with Crippen LogP contribution in [0.5, 0.6) is 0 Å². The first-order valence-corrected chi connectivity index (χ1v) is 8.48. The van der Waals surface area contributed by atoms with Crippen LogP contribution in [0, 0.1) is 18.8 Å². The number of benzene rings is 1. The molecule has 2 nitrogen and oxygen atoms in total. The Kier molecular flexibility index (Phi) is 7.81. The molecule has 0 spiro atoms. The monoisotopic (exact) mass is 290 g/mol. The molecule has 2 heteroatoms. The van der Waals surface area contributed by atoms with Gasteiger partial charge in [0.1, 0.15) is 0 Å². The molecule has 2 N–H and O–H groups in total. The van der Waals surface area contributed by atoms with Gasteiger partial charge in [0, 0.05) is 18.8 Å². The van der Waals surface area contributed by atoms with Gasteiger partial charge in [0.15, 0.2) is 0 Å². The maximum atomic E-state index is 5.68. The fourth-order valence-electron chi connectivity index (χ4n) is 2.51. The lowest BCUT2D eigenvalue weighted by Gasteiger charge is -2.27. The summed E-state index contributed by atoms with van der Waals surface area (Å²) in [5, 5.41) is 0. The number of anilines is 1. The molecule has 0 amide bonds. The number of aryl methyl sites for hydroxylation is 1. The molecule has 0 bridgehead atoms. The molecule has 0 unspecified atom stereocenters. The highest BCUT2D eigenvalue weighted by atomic mass is 15.1. The van der Waals surface area contributed by atoms with Gasteiger partial charge in [-0.2, -0.15) is 0 Å². The summed E-state index contributed by atoms with van der Waals surface area (Å²) in [6, 6.07) is 6.87. The van der Waals surface area contributed by atoms with Crippen molar-refractivity contribution in [3.8, 4) is 0 Å². The summed E-state index contributed by atoms with van der Waals surface area (Å²) in [6.07, 6.45) is 3.48. The lowest BCUT2D eigenvalue weighted by atomic mass is 10.0. The number of rotatable bonds is 9. The van der Waals surface area contributed by atoms with E-state index in [1.165, 1.54) is 29.7 Å². The van der Waals surface area contributed by atoms with Crippen LogP contribution in [0.3, 0.4) is 0 Å². The summed E-state index contributed by atoms with van der Waals surface area (Å²) >= 11 is 0. The van der Waals surface area contributed by atoms with Crippen molar-refractivity contribution in [2.45, 2.75) is 53.9 Å². The SMILES string of the molecule is Cc1cc(N(CCC(C)C)CCC(C)C)ccc1CCN. The molecule has 120 valence electrons. The van der Waals surface area contributed by atoms with Crippen LogP contribution >= 0.6 is 0 Å². The fraction of sp³-hybridized carbons (Fsp3) is 0.684. The van der Waals surface area contributed by atoms with Gasteiger partial charge in [-0.3, -0.25) is 0 Å². The molecule has 0 aliphatic carbocycles. The molecule has 0 saturated carbocycles. The largest absolute Gasteiger partial charge is 0.372 e. The Bertz CT molecular complexity index is 398. The Morgan fingerprint density at radius 1 is 1.00 bits per heavy atom. The van der Waals surface area contributed by atoms with Gasteiger partial charge in [0.2, 0.25) is 0 Å². The van der Waals surface area contributed by atoms with Gasteiger partial charge >= 0.3 is 0 Å². The first-order valence-electron chi connectivity index (χ1n) is 8.48. The summed E-state index contributed by atoms with van der Waals surface area (Å²) in [6.45, 7) is 14.4. The third-order valence-corrected chi connectivity index (χ3v) is 4.06. The van der Waals surface area contributed by atoms with Crippen molar-refractivity contribution < 1.29 is 0 Å². The molecule has 0 fully saturated rings. The molecular weight excluding hydrogens is 256 g/mol. The van der Waals surface area contributed by atoms with Crippen molar-refractivity contribution in [3.63, 3.8) is 0 Å². The lowest BCUT2D eigenvalue weighted by Crippen LogP contribution is -2.27. The van der Waals surface area contributed by atoms with E-state index in [9.17, 15) is 0 Å². The molecule has 1 aromatic rings. The standard InChI is InChI=1S/C19H34N2/c1-15(2)9-12-21(13-10-16(3)4)19-7-6-18(8-11-20)17(5)14-19/h6-7,14-16H,8-13,20H2,1-5H3. The van der Waals surface area contributed by atoms with Crippen molar-refractivity contribution in [3.05, 3.63) is 29.3 Å². The average molecular weight is 290 g/mol. The first kappa shape index (κ1) is 18.0. The second-order valence-corrected chi connectivity index (χ2v) is 7.00. The molecular formula is C19H34N2. The quantitative estimate of drug-likeness (QED) is 0.730. The van der Waals surface area contributed by atoms with Crippen LogP contribution in [-0.2, 0) is 6.42 Å². The van der Waals surface area contributed by atoms with Crippen molar-refractivity contribution in [2.75, 3.05) is 24.5 Å². The Labute approximate surface area is 131 Å². The van der Waals surface area contributed by atoms with Gasteiger partial charge in [-0.05, 0) is 67.8 Å². The van der Waals surface area contributed by atoms with E-state index >= 15 is 0 Å². The minimum absolute atomic E-state index is 0.727. The van der Waals surface area contributed by atoms with E-state index in [1.807, 2.05) is 0 Å². The zero-order valence-electron chi connectivity index (χ0n) is 14.7. The van der Waals surface area contributed by atoms with Gasteiger partial charge in [0.05, 0.1) is 0 Å². The fourth-order valence-corrected chi connectivity index (χ4v) is 2.51. The third kappa shape index (κ3) is 6.52. The predicted octanol–water partition coefficient (Wildman–Crippen LogP) is 4.39. The highest BCUT2D eigenvalue weighted by Crippen LogP contribution is 2.21. The van der Waals surface area contributed by atoms with Crippen LogP contribution in [0.4, 0.5) is 5.69 Å². The van der Waals surface area contributed by atoms with E-state index in [2.05, 4.69) is 57.7 Å². The molecule has 21 heavy (non-hydrogen) atoms. The number of nitrogens with zero attached hydrogens (tertiary/aromatic N) is 1. The molecule has 0 atom stereocenters. The molecule has 0 aliphatic rings. The van der Waals surface area contributed by atoms with Crippen LogP contribution < -0.4 is 10.6 Å². The summed E-state index contributed by atoms with van der Waals surface area (Å²) < 4.78 is 0. The zero-order chi connectivity index (χ0) is 15.8. The molecule has 0 radical (unpaired) electrons. The second kappa shape index (κ2) is 9.09. The van der Waals surface area contributed by atoms with Crippen LogP contribution in [0.1, 0.15) is 51.7 Å². The second-order valence-electron chi connectivity index (χ2n) is 7.00. The van der Waals surface area contributed by atoms with E-state index in [4.69, 9.17) is 5.73 Å². The Hall–Kier alpha value is -1.02. The first-order chi connectivity index (χ1) is 9.93. The maximum Gasteiger partial charge on any atom is 0.0369 e. The maximum absolute atomic E-state index is 5.68. The summed E-state index contributed by atoms with van der Waals surface area (Å²) in [5.74, 6) is 1.51.